The van der Waals surface area contributed by atoms with Crippen LogP contribution in [0.2, 0.25) is 0 Å². The molecule has 2 nitrogen and oxygen atoms in total. The van der Waals surface area contributed by atoms with Crippen molar-refractivity contribution in [1.29, 1.82) is 0 Å². The fourth-order valence-electron chi connectivity index (χ4n) is 2.30. The molecular formula is C15H15NOS. The normalized spacial score (nSPS) is 11.2. The van der Waals surface area contributed by atoms with Crippen molar-refractivity contribution in [3.63, 3.8) is 0 Å². The van der Waals surface area contributed by atoms with E-state index in [0.29, 0.717) is 0 Å². The highest BCUT2D eigenvalue weighted by Gasteiger charge is 2.04. The van der Waals surface area contributed by atoms with Crippen LogP contribution in [-0.4, -0.2) is 9.67 Å². The Hall–Kier alpha value is -1.58. The molecule has 0 fully saturated rings. The molecule has 0 atom stereocenters. The molecule has 1 aromatic carbocycles. The summed E-state index contributed by atoms with van der Waals surface area (Å²) in [5, 5.41) is 14.8. The lowest BCUT2D eigenvalue weighted by Crippen LogP contribution is -1.99. The van der Waals surface area contributed by atoms with Gasteiger partial charge in [0.05, 0.1) is 6.61 Å². The maximum atomic E-state index is 9.32. The number of thiophene rings is 1. The maximum absolute atomic E-state index is 9.32. The van der Waals surface area contributed by atoms with Gasteiger partial charge in [-0.3, -0.25) is 0 Å². The average Bonchev–Trinajstić information content (AvgIpc) is 3.05. The van der Waals surface area contributed by atoms with E-state index in [2.05, 4.69) is 39.7 Å². The zero-order valence-corrected chi connectivity index (χ0v) is 10.9. The number of hydrogen-bond acceptors (Lipinski definition) is 2. The van der Waals surface area contributed by atoms with Crippen molar-refractivity contribution in [2.45, 2.75) is 19.6 Å². The van der Waals surface area contributed by atoms with Crippen molar-refractivity contribution >= 4 is 22.2 Å². The van der Waals surface area contributed by atoms with E-state index in [0.717, 1.165) is 23.9 Å². The minimum atomic E-state index is 0.103. The summed E-state index contributed by atoms with van der Waals surface area (Å²) >= 11 is 1.74. The fourth-order valence-corrected chi connectivity index (χ4v) is 3.01. The van der Waals surface area contributed by atoms with Crippen molar-refractivity contribution in [2.24, 2.45) is 0 Å². The van der Waals surface area contributed by atoms with E-state index in [1.54, 1.807) is 11.3 Å². The monoisotopic (exact) mass is 257 g/mol. The summed E-state index contributed by atoms with van der Waals surface area (Å²) in [5.74, 6) is 0. The number of aliphatic hydroxyl groups excluding tert-OH is 1. The number of nitrogens with zero attached hydrogens (tertiary/aromatic N) is 1. The van der Waals surface area contributed by atoms with Crippen LogP contribution in [0.5, 0.6) is 0 Å². The van der Waals surface area contributed by atoms with E-state index in [-0.39, 0.29) is 6.61 Å². The summed E-state index contributed by atoms with van der Waals surface area (Å²) in [6.45, 7) is 1.08. The molecule has 0 aliphatic carbocycles. The third-order valence-corrected chi connectivity index (χ3v) is 4.03. The standard InChI is InChI=1S/C15H15NOS/c17-10-13-2-1-3-15-14(13)5-8-16(15)7-4-12-6-9-18-11-12/h1-3,5-6,8-9,11,17H,4,7,10H2. The van der Waals surface area contributed by atoms with Gasteiger partial charge in [-0.1, -0.05) is 12.1 Å². The summed E-state index contributed by atoms with van der Waals surface area (Å²) in [7, 11) is 0. The van der Waals surface area contributed by atoms with Gasteiger partial charge >= 0.3 is 0 Å². The minimum Gasteiger partial charge on any atom is -0.392 e. The van der Waals surface area contributed by atoms with Crippen LogP contribution in [0.25, 0.3) is 10.9 Å². The number of rotatable bonds is 4. The van der Waals surface area contributed by atoms with Crippen LogP contribution in [0.3, 0.4) is 0 Å². The Morgan fingerprint density at radius 1 is 1.17 bits per heavy atom. The van der Waals surface area contributed by atoms with E-state index < -0.39 is 0 Å². The van der Waals surface area contributed by atoms with Crippen molar-refractivity contribution < 1.29 is 5.11 Å². The highest BCUT2D eigenvalue weighted by atomic mass is 32.1. The molecule has 0 saturated heterocycles. The Labute approximate surface area is 110 Å². The predicted molar refractivity (Wildman–Crippen MR) is 75.9 cm³/mol. The van der Waals surface area contributed by atoms with Crippen LogP contribution < -0.4 is 0 Å². The topological polar surface area (TPSA) is 25.2 Å². The predicted octanol–water partition coefficient (Wildman–Crippen LogP) is 3.44. The molecule has 0 aliphatic rings. The average molecular weight is 257 g/mol. The van der Waals surface area contributed by atoms with Gasteiger partial charge in [0, 0.05) is 23.6 Å². The van der Waals surface area contributed by atoms with Crippen LogP contribution in [0.4, 0.5) is 0 Å². The molecule has 0 radical (unpaired) electrons. The highest BCUT2D eigenvalue weighted by Crippen LogP contribution is 2.21. The third-order valence-electron chi connectivity index (χ3n) is 3.30. The molecule has 1 N–H and O–H groups in total. The second kappa shape index (κ2) is 4.96. The lowest BCUT2D eigenvalue weighted by Gasteiger charge is -2.05. The molecule has 2 aromatic heterocycles. The molecule has 3 aromatic rings. The van der Waals surface area contributed by atoms with Crippen LogP contribution in [0.1, 0.15) is 11.1 Å². The smallest absolute Gasteiger partial charge is 0.0688 e. The molecule has 0 saturated carbocycles. The zero-order valence-electron chi connectivity index (χ0n) is 10.0. The summed E-state index contributed by atoms with van der Waals surface area (Å²) in [4.78, 5) is 0. The molecule has 3 heteroatoms. The summed E-state index contributed by atoms with van der Waals surface area (Å²) in [6, 6.07) is 10.4. The van der Waals surface area contributed by atoms with Crippen LogP contribution in [0.15, 0.2) is 47.3 Å². The number of benzene rings is 1. The Bertz CT molecular complexity index is 640. The second-order valence-corrected chi connectivity index (χ2v) is 5.18. The van der Waals surface area contributed by atoms with Crippen LogP contribution in [-0.2, 0) is 19.6 Å². The lowest BCUT2D eigenvalue weighted by atomic mass is 10.1. The highest BCUT2D eigenvalue weighted by molar-refractivity contribution is 7.07. The molecule has 0 amide bonds. The summed E-state index contributed by atoms with van der Waals surface area (Å²) < 4.78 is 2.26. The lowest BCUT2D eigenvalue weighted by molar-refractivity contribution is 0.283. The first-order valence-corrected chi connectivity index (χ1v) is 7.01. The van der Waals surface area contributed by atoms with E-state index in [4.69, 9.17) is 0 Å². The Morgan fingerprint density at radius 3 is 2.89 bits per heavy atom. The van der Waals surface area contributed by atoms with Gasteiger partial charge in [-0.05, 0) is 46.5 Å². The van der Waals surface area contributed by atoms with E-state index >= 15 is 0 Å². The summed E-state index contributed by atoms with van der Waals surface area (Å²) in [5.41, 5.74) is 3.60. The van der Waals surface area contributed by atoms with Gasteiger partial charge in [0.2, 0.25) is 0 Å². The number of hydrogen-bond donors (Lipinski definition) is 1. The van der Waals surface area contributed by atoms with Gasteiger partial charge in [0.25, 0.3) is 0 Å². The van der Waals surface area contributed by atoms with Gasteiger partial charge in [0.1, 0.15) is 0 Å². The molecule has 3 rings (SSSR count). The Morgan fingerprint density at radius 2 is 2.11 bits per heavy atom. The molecular weight excluding hydrogens is 242 g/mol. The van der Waals surface area contributed by atoms with Crippen molar-refractivity contribution in [3.8, 4) is 0 Å². The second-order valence-electron chi connectivity index (χ2n) is 4.40. The van der Waals surface area contributed by atoms with Crippen LogP contribution in [0, 0.1) is 0 Å². The molecule has 0 unspecified atom stereocenters. The Kier molecular flexibility index (Phi) is 3.17. The van der Waals surface area contributed by atoms with Gasteiger partial charge in [-0.15, -0.1) is 0 Å². The molecule has 0 aliphatic heterocycles. The van der Waals surface area contributed by atoms with Gasteiger partial charge in [-0.25, -0.2) is 0 Å². The summed E-state index contributed by atoms with van der Waals surface area (Å²) in [6.07, 6.45) is 3.16. The van der Waals surface area contributed by atoms with Crippen molar-refractivity contribution in [1.82, 2.24) is 4.57 Å². The van der Waals surface area contributed by atoms with E-state index in [1.807, 2.05) is 12.1 Å². The number of fused-ring (bicyclic) bond motifs is 1. The van der Waals surface area contributed by atoms with Gasteiger partial charge in [-0.2, -0.15) is 11.3 Å². The molecule has 92 valence electrons. The van der Waals surface area contributed by atoms with Crippen molar-refractivity contribution in [2.75, 3.05) is 0 Å². The van der Waals surface area contributed by atoms with E-state index in [9.17, 15) is 5.11 Å². The number of aliphatic hydroxyl groups is 1. The minimum absolute atomic E-state index is 0.103. The number of aromatic nitrogens is 1. The molecule has 18 heavy (non-hydrogen) atoms. The molecule has 0 spiro atoms. The van der Waals surface area contributed by atoms with E-state index in [1.165, 1.54) is 11.1 Å². The van der Waals surface area contributed by atoms with Crippen LogP contribution >= 0.6 is 11.3 Å². The van der Waals surface area contributed by atoms with Crippen molar-refractivity contribution in [3.05, 3.63) is 58.4 Å². The largest absolute Gasteiger partial charge is 0.392 e. The first kappa shape index (κ1) is 11.5. The molecule has 2 heterocycles. The SMILES string of the molecule is OCc1cccc2c1ccn2CCc1ccsc1. The zero-order chi connectivity index (χ0) is 12.4. The Balaban J connectivity index is 1.88. The fraction of sp³-hybridized carbons (Fsp3) is 0.200. The van der Waals surface area contributed by atoms with Gasteiger partial charge < -0.3 is 9.67 Å². The first-order valence-electron chi connectivity index (χ1n) is 6.07. The maximum Gasteiger partial charge on any atom is 0.0688 e. The first-order chi connectivity index (χ1) is 8.88. The number of aryl methyl sites for hydroxylation is 2. The quantitative estimate of drug-likeness (QED) is 0.761. The van der Waals surface area contributed by atoms with Gasteiger partial charge in [0.15, 0.2) is 0 Å². The third kappa shape index (κ3) is 2.07. The molecule has 0 bridgehead atoms.